The van der Waals surface area contributed by atoms with E-state index in [0.29, 0.717) is 23.3 Å². The van der Waals surface area contributed by atoms with E-state index in [-0.39, 0.29) is 24.2 Å². The Hall–Kier alpha value is -2.47. The van der Waals surface area contributed by atoms with Crippen molar-refractivity contribution in [3.8, 4) is 17.2 Å². The number of methoxy groups -OCH3 is 2. The number of benzene rings is 2. The number of ether oxygens (including phenoxy) is 4. The molecule has 0 fully saturated rings. The molecule has 6 heteroatoms. The second kappa shape index (κ2) is 5.96. The van der Waals surface area contributed by atoms with Crippen molar-refractivity contribution in [3.05, 3.63) is 29.3 Å². The van der Waals surface area contributed by atoms with Crippen molar-refractivity contribution in [2.24, 2.45) is 0 Å². The van der Waals surface area contributed by atoms with Crippen LogP contribution >= 0.6 is 0 Å². The number of phenolic OH excluding ortho intramolecular Hbond substituents is 1. The summed E-state index contributed by atoms with van der Waals surface area (Å²) in [6.45, 7) is 1.83. The SMILES string of the molecule is COCOc1cc(OC)cc2cc3c(c(O)c12)C(=O)OC(C)C3. The lowest BCUT2D eigenvalue weighted by Gasteiger charge is -2.24. The van der Waals surface area contributed by atoms with Crippen LogP contribution in [0.1, 0.15) is 22.8 Å². The van der Waals surface area contributed by atoms with Gasteiger partial charge in [-0.3, -0.25) is 0 Å². The van der Waals surface area contributed by atoms with Gasteiger partial charge in [0.2, 0.25) is 0 Å². The molecule has 0 saturated carbocycles. The minimum Gasteiger partial charge on any atom is -0.506 e. The fourth-order valence-electron chi connectivity index (χ4n) is 2.85. The van der Waals surface area contributed by atoms with Gasteiger partial charge in [0.25, 0.3) is 0 Å². The zero-order valence-corrected chi connectivity index (χ0v) is 13.2. The molecule has 0 spiro atoms. The first-order valence-corrected chi connectivity index (χ1v) is 7.24. The lowest BCUT2D eigenvalue weighted by molar-refractivity contribution is 0.0298. The number of cyclic esters (lactones) is 1. The number of carbonyl (C=O) groups excluding carboxylic acids is 1. The highest BCUT2D eigenvalue weighted by atomic mass is 16.7. The van der Waals surface area contributed by atoms with Crippen LogP contribution in [0.4, 0.5) is 0 Å². The van der Waals surface area contributed by atoms with Crippen LogP contribution in [-0.2, 0) is 15.9 Å². The summed E-state index contributed by atoms with van der Waals surface area (Å²) in [6, 6.07) is 5.30. The van der Waals surface area contributed by atoms with Gasteiger partial charge in [0.1, 0.15) is 28.9 Å². The molecule has 0 amide bonds. The van der Waals surface area contributed by atoms with Gasteiger partial charge < -0.3 is 24.1 Å². The summed E-state index contributed by atoms with van der Waals surface area (Å²) < 4.78 is 20.9. The minimum absolute atomic E-state index is 0.0142. The van der Waals surface area contributed by atoms with Crippen LogP contribution in [0.25, 0.3) is 10.8 Å². The van der Waals surface area contributed by atoms with Crippen LogP contribution < -0.4 is 9.47 Å². The number of aromatic hydroxyl groups is 1. The summed E-state index contributed by atoms with van der Waals surface area (Å²) in [7, 11) is 3.06. The number of esters is 1. The van der Waals surface area contributed by atoms with Crippen LogP contribution in [0, 0.1) is 0 Å². The third-order valence-corrected chi connectivity index (χ3v) is 3.82. The van der Waals surface area contributed by atoms with E-state index in [4.69, 9.17) is 18.9 Å². The largest absolute Gasteiger partial charge is 0.506 e. The Morgan fingerprint density at radius 3 is 2.78 bits per heavy atom. The fraction of sp³-hybridized carbons (Fsp3) is 0.353. The summed E-state index contributed by atoms with van der Waals surface area (Å²) in [4.78, 5) is 12.1. The van der Waals surface area contributed by atoms with Crippen molar-refractivity contribution < 1.29 is 28.8 Å². The monoisotopic (exact) mass is 318 g/mol. The highest BCUT2D eigenvalue weighted by Crippen LogP contribution is 2.42. The normalized spacial score (nSPS) is 16.8. The third kappa shape index (κ3) is 2.66. The maximum absolute atomic E-state index is 12.1. The van der Waals surface area contributed by atoms with Gasteiger partial charge in [0.05, 0.1) is 12.5 Å². The van der Waals surface area contributed by atoms with Crippen molar-refractivity contribution in [1.29, 1.82) is 0 Å². The lowest BCUT2D eigenvalue weighted by atomic mass is 9.93. The smallest absolute Gasteiger partial charge is 0.342 e. The van der Waals surface area contributed by atoms with Crippen LogP contribution in [0.15, 0.2) is 18.2 Å². The van der Waals surface area contributed by atoms with E-state index in [0.717, 1.165) is 10.9 Å². The molecule has 1 N–H and O–H groups in total. The van der Waals surface area contributed by atoms with Crippen molar-refractivity contribution in [2.45, 2.75) is 19.4 Å². The molecule has 3 rings (SSSR count). The molecule has 23 heavy (non-hydrogen) atoms. The maximum atomic E-state index is 12.1. The second-order valence-corrected chi connectivity index (χ2v) is 5.45. The Kier molecular flexibility index (Phi) is 4.00. The summed E-state index contributed by atoms with van der Waals surface area (Å²) in [5, 5.41) is 11.8. The van der Waals surface area contributed by atoms with Crippen molar-refractivity contribution in [1.82, 2.24) is 0 Å². The van der Waals surface area contributed by atoms with E-state index in [1.807, 2.05) is 13.0 Å². The highest BCUT2D eigenvalue weighted by molar-refractivity contribution is 6.06. The molecule has 1 aliphatic heterocycles. The molecule has 2 aromatic carbocycles. The van der Waals surface area contributed by atoms with Gasteiger partial charge in [-0.25, -0.2) is 4.79 Å². The molecule has 0 aromatic heterocycles. The standard InChI is InChI=1S/C17H18O6/c1-9-4-10-5-11-6-12(21-3)7-13(22-8-20-2)14(11)16(18)15(10)17(19)23-9/h5-7,9,18H,4,8H2,1-3H3. The Morgan fingerprint density at radius 1 is 1.30 bits per heavy atom. The first-order chi connectivity index (χ1) is 11.0. The number of fused-ring (bicyclic) bond motifs is 2. The number of carbonyl (C=O) groups is 1. The quantitative estimate of drug-likeness (QED) is 0.690. The van der Waals surface area contributed by atoms with Gasteiger partial charge >= 0.3 is 5.97 Å². The molecule has 122 valence electrons. The maximum Gasteiger partial charge on any atom is 0.342 e. The number of phenols is 1. The molecule has 0 bridgehead atoms. The summed E-state index contributed by atoms with van der Waals surface area (Å²) in [5.74, 6) is 0.317. The van der Waals surface area contributed by atoms with Crippen LogP contribution in [0.2, 0.25) is 0 Å². The Morgan fingerprint density at radius 2 is 2.09 bits per heavy atom. The van der Waals surface area contributed by atoms with Gasteiger partial charge in [-0.2, -0.15) is 0 Å². The lowest BCUT2D eigenvalue weighted by Crippen LogP contribution is -2.25. The highest BCUT2D eigenvalue weighted by Gasteiger charge is 2.29. The van der Waals surface area contributed by atoms with Crippen molar-refractivity contribution in [3.63, 3.8) is 0 Å². The Labute approximate surface area is 133 Å². The molecule has 1 aliphatic rings. The Bertz CT molecular complexity index is 768. The molecule has 1 atom stereocenters. The minimum atomic E-state index is -0.522. The molecular formula is C17H18O6. The van der Waals surface area contributed by atoms with Crippen LogP contribution in [0.5, 0.6) is 17.2 Å². The van der Waals surface area contributed by atoms with Gasteiger partial charge in [-0.05, 0) is 30.0 Å². The average molecular weight is 318 g/mol. The zero-order valence-electron chi connectivity index (χ0n) is 13.2. The van der Waals surface area contributed by atoms with Gasteiger partial charge in [-0.1, -0.05) is 0 Å². The van der Waals surface area contributed by atoms with Gasteiger partial charge in [0.15, 0.2) is 6.79 Å². The predicted molar refractivity (Wildman–Crippen MR) is 83.3 cm³/mol. The molecule has 0 saturated heterocycles. The molecule has 1 unspecified atom stereocenters. The van der Waals surface area contributed by atoms with Gasteiger partial charge in [-0.15, -0.1) is 0 Å². The van der Waals surface area contributed by atoms with E-state index < -0.39 is 5.97 Å². The first-order valence-electron chi connectivity index (χ1n) is 7.24. The predicted octanol–water partition coefficient (Wildman–Crippen LogP) is 2.64. The number of hydrogen-bond acceptors (Lipinski definition) is 6. The summed E-state index contributed by atoms with van der Waals surface area (Å²) in [5.41, 5.74) is 0.952. The molecular weight excluding hydrogens is 300 g/mol. The second-order valence-electron chi connectivity index (χ2n) is 5.45. The van der Waals surface area contributed by atoms with Crippen molar-refractivity contribution >= 4 is 16.7 Å². The van der Waals surface area contributed by atoms with Gasteiger partial charge in [0, 0.05) is 19.6 Å². The van der Waals surface area contributed by atoms with E-state index >= 15 is 0 Å². The Balaban J connectivity index is 2.27. The first kappa shape index (κ1) is 15.4. The molecule has 2 aromatic rings. The van der Waals surface area contributed by atoms with E-state index in [1.54, 1.807) is 19.2 Å². The summed E-state index contributed by atoms with van der Waals surface area (Å²) in [6.07, 6.45) is 0.331. The summed E-state index contributed by atoms with van der Waals surface area (Å²) >= 11 is 0. The molecule has 0 aliphatic carbocycles. The van der Waals surface area contributed by atoms with Crippen LogP contribution in [-0.4, -0.2) is 38.2 Å². The van der Waals surface area contributed by atoms with E-state index in [1.165, 1.54) is 7.11 Å². The average Bonchev–Trinajstić information content (AvgIpc) is 2.51. The molecule has 0 radical (unpaired) electrons. The molecule has 6 nitrogen and oxygen atoms in total. The third-order valence-electron chi connectivity index (χ3n) is 3.82. The molecule has 1 heterocycles. The topological polar surface area (TPSA) is 74.2 Å². The zero-order chi connectivity index (χ0) is 16.6. The van der Waals surface area contributed by atoms with E-state index in [9.17, 15) is 9.90 Å². The van der Waals surface area contributed by atoms with Crippen LogP contribution in [0.3, 0.4) is 0 Å². The number of hydrogen-bond donors (Lipinski definition) is 1. The van der Waals surface area contributed by atoms with E-state index in [2.05, 4.69) is 0 Å². The fourth-order valence-corrected chi connectivity index (χ4v) is 2.85. The number of rotatable bonds is 4. The van der Waals surface area contributed by atoms with Crippen molar-refractivity contribution in [2.75, 3.05) is 21.0 Å².